The summed E-state index contributed by atoms with van der Waals surface area (Å²) in [6.45, 7) is 1.75. The van der Waals surface area contributed by atoms with E-state index in [4.69, 9.17) is 19.9 Å². The lowest BCUT2D eigenvalue weighted by molar-refractivity contribution is -0.140. The van der Waals surface area contributed by atoms with E-state index in [1.807, 2.05) is 30.3 Å². The maximum absolute atomic E-state index is 12.9. The van der Waals surface area contributed by atoms with Crippen LogP contribution in [0.1, 0.15) is 24.0 Å². The molecule has 2 N–H and O–H groups in total. The molecular weight excluding hydrogens is 356 g/mol. The van der Waals surface area contributed by atoms with Crippen LogP contribution in [0.3, 0.4) is 0 Å². The van der Waals surface area contributed by atoms with Gasteiger partial charge in [0.15, 0.2) is 0 Å². The zero-order valence-corrected chi connectivity index (χ0v) is 15.6. The first-order chi connectivity index (χ1) is 13.5. The minimum absolute atomic E-state index is 0.0135. The number of hydrogen-bond acceptors (Lipinski definition) is 6. The van der Waals surface area contributed by atoms with Crippen LogP contribution in [-0.2, 0) is 20.9 Å². The molecule has 3 rings (SSSR count). The predicted octanol–water partition coefficient (Wildman–Crippen LogP) is 3.52. The number of rotatable bonds is 5. The fourth-order valence-electron chi connectivity index (χ4n) is 3.08. The minimum atomic E-state index is -0.673. The van der Waals surface area contributed by atoms with E-state index in [-0.39, 0.29) is 23.6 Å². The Hall–Kier alpha value is -3.72. The SMILES string of the molecule is COc1ccc(C2C(C#N)=C(N)OC(C)=C2C(=O)OCc2ccccc2)cc1. The second kappa shape index (κ2) is 8.31. The highest BCUT2D eigenvalue weighted by Gasteiger charge is 2.36. The van der Waals surface area contributed by atoms with Crippen LogP contribution >= 0.6 is 0 Å². The first-order valence-corrected chi connectivity index (χ1v) is 8.68. The van der Waals surface area contributed by atoms with Crippen LogP contribution in [0.2, 0.25) is 0 Å². The normalized spacial score (nSPS) is 16.2. The maximum atomic E-state index is 12.9. The van der Waals surface area contributed by atoms with E-state index >= 15 is 0 Å². The Balaban J connectivity index is 1.94. The summed E-state index contributed by atoms with van der Waals surface area (Å²) in [5.41, 5.74) is 7.92. The van der Waals surface area contributed by atoms with Gasteiger partial charge in [0.1, 0.15) is 29.8 Å². The highest BCUT2D eigenvalue weighted by atomic mass is 16.5. The Bertz CT molecular complexity index is 970. The van der Waals surface area contributed by atoms with Crippen molar-refractivity contribution in [1.29, 1.82) is 5.26 Å². The van der Waals surface area contributed by atoms with Gasteiger partial charge in [-0.1, -0.05) is 42.5 Å². The zero-order chi connectivity index (χ0) is 20.1. The van der Waals surface area contributed by atoms with Crippen molar-refractivity contribution in [2.45, 2.75) is 19.4 Å². The summed E-state index contributed by atoms with van der Waals surface area (Å²) in [5, 5.41) is 9.62. The topological polar surface area (TPSA) is 94.6 Å². The Kier molecular flexibility index (Phi) is 5.66. The Morgan fingerprint density at radius 1 is 1.18 bits per heavy atom. The molecule has 0 aromatic heterocycles. The molecule has 0 saturated heterocycles. The second-order valence-electron chi connectivity index (χ2n) is 6.23. The van der Waals surface area contributed by atoms with Gasteiger partial charge in [-0.2, -0.15) is 5.26 Å². The number of carbonyl (C=O) groups excluding carboxylic acids is 1. The molecule has 1 unspecified atom stereocenters. The van der Waals surface area contributed by atoms with Crippen LogP contribution in [0.15, 0.2) is 77.4 Å². The van der Waals surface area contributed by atoms with Crippen molar-refractivity contribution >= 4 is 5.97 Å². The van der Waals surface area contributed by atoms with Gasteiger partial charge < -0.3 is 19.9 Å². The summed E-state index contributed by atoms with van der Waals surface area (Å²) in [6, 6.07) is 18.5. The van der Waals surface area contributed by atoms with Gasteiger partial charge in [-0.25, -0.2) is 4.79 Å². The third kappa shape index (κ3) is 3.84. The van der Waals surface area contributed by atoms with E-state index in [1.165, 1.54) is 0 Å². The van der Waals surface area contributed by atoms with Crippen molar-refractivity contribution in [1.82, 2.24) is 0 Å². The van der Waals surface area contributed by atoms with E-state index in [1.54, 1.807) is 38.3 Å². The van der Waals surface area contributed by atoms with E-state index in [2.05, 4.69) is 6.07 Å². The summed E-state index contributed by atoms with van der Waals surface area (Å²) in [5.74, 6) is -0.258. The molecular formula is C22H20N2O4. The summed E-state index contributed by atoms with van der Waals surface area (Å²) in [6.07, 6.45) is 0. The van der Waals surface area contributed by atoms with Gasteiger partial charge in [-0.15, -0.1) is 0 Å². The van der Waals surface area contributed by atoms with Gasteiger partial charge in [-0.05, 0) is 30.2 Å². The molecule has 0 saturated carbocycles. The first-order valence-electron chi connectivity index (χ1n) is 8.68. The fourth-order valence-corrected chi connectivity index (χ4v) is 3.08. The molecule has 0 spiro atoms. The number of nitrogens with zero attached hydrogens (tertiary/aromatic N) is 1. The number of esters is 1. The van der Waals surface area contributed by atoms with E-state index in [0.29, 0.717) is 11.5 Å². The number of nitrogens with two attached hydrogens (primary N) is 1. The van der Waals surface area contributed by atoms with Gasteiger partial charge in [0.05, 0.1) is 18.6 Å². The van der Waals surface area contributed by atoms with Crippen molar-refractivity contribution in [2.24, 2.45) is 5.73 Å². The van der Waals surface area contributed by atoms with Crippen molar-refractivity contribution in [3.63, 3.8) is 0 Å². The van der Waals surface area contributed by atoms with Crippen LogP contribution in [0.25, 0.3) is 0 Å². The molecule has 0 aliphatic carbocycles. The molecule has 0 fully saturated rings. The molecule has 28 heavy (non-hydrogen) atoms. The van der Waals surface area contributed by atoms with E-state index in [0.717, 1.165) is 11.1 Å². The van der Waals surface area contributed by atoms with Crippen molar-refractivity contribution in [2.75, 3.05) is 7.11 Å². The molecule has 0 bridgehead atoms. The van der Waals surface area contributed by atoms with Crippen LogP contribution in [0.5, 0.6) is 5.75 Å². The number of benzene rings is 2. The molecule has 2 aromatic carbocycles. The monoisotopic (exact) mass is 376 g/mol. The quantitative estimate of drug-likeness (QED) is 0.803. The van der Waals surface area contributed by atoms with Gasteiger partial charge in [0.2, 0.25) is 5.88 Å². The lowest BCUT2D eigenvalue weighted by Gasteiger charge is -2.27. The molecule has 0 amide bonds. The van der Waals surface area contributed by atoms with Crippen molar-refractivity contribution < 1.29 is 19.0 Å². The van der Waals surface area contributed by atoms with E-state index in [9.17, 15) is 10.1 Å². The molecule has 1 heterocycles. The number of allylic oxidation sites excluding steroid dienone is 2. The van der Waals surface area contributed by atoms with Crippen molar-refractivity contribution in [3.05, 3.63) is 88.5 Å². The lowest BCUT2D eigenvalue weighted by atomic mass is 9.83. The average Bonchev–Trinajstić information content (AvgIpc) is 2.72. The summed E-state index contributed by atoms with van der Waals surface area (Å²) < 4.78 is 16.1. The largest absolute Gasteiger partial charge is 0.497 e. The van der Waals surface area contributed by atoms with Crippen molar-refractivity contribution in [3.8, 4) is 11.8 Å². The molecule has 1 aliphatic rings. The van der Waals surface area contributed by atoms with Crippen LogP contribution in [0, 0.1) is 11.3 Å². The lowest BCUT2D eigenvalue weighted by Crippen LogP contribution is -2.25. The summed E-state index contributed by atoms with van der Waals surface area (Å²) in [4.78, 5) is 12.9. The molecule has 0 radical (unpaired) electrons. The molecule has 142 valence electrons. The number of ether oxygens (including phenoxy) is 3. The van der Waals surface area contributed by atoms with Gasteiger partial charge in [-0.3, -0.25) is 0 Å². The number of carbonyl (C=O) groups is 1. The molecule has 1 aliphatic heterocycles. The maximum Gasteiger partial charge on any atom is 0.338 e. The smallest absolute Gasteiger partial charge is 0.338 e. The average molecular weight is 376 g/mol. The summed E-state index contributed by atoms with van der Waals surface area (Å²) in [7, 11) is 1.57. The zero-order valence-electron chi connectivity index (χ0n) is 15.6. The van der Waals surface area contributed by atoms with Gasteiger partial charge in [0.25, 0.3) is 0 Å². The number of nitriles is 1. The third-order valence-electron chi connectivity index (χ3n) is 4.49. The third-order valence-corrected chi connectivity index (χ3v) is 4.49. The molecule has 2 aromatic rings. The predicted molar refractivity (Wildman–Crippen MR) is 103 cm³/mol. The number of hydrogen-bond donors (Lipinski definition) is 1. The Labute approximate surface area is 163 Å². The van der Waals surface area contributed by atoms with Crippen LogP contribution in [-0.4, -0.2) is 13.1 Å². The molecule has 6 heteroatoms. The highest BCUT2D eigenvalue weighted by molar-refractivity contribution is 5.92. The highest BCUT2D eigenvalue weighted by Crippen LogP contribution is 2.40. The number of methoxy groups -OCH3 is 1. The van der Waals surface area contributed by atoms with E-state index < -0.39 is 11.9 Å². The second-order valence-corrected chi connectivity index (χ2v) is 6.23. The van der Waals surface area contributed by atoms with Crippen LogP contribution in [0.4, 0.5) is 0 Å². The van der Waals surface area contributed by atoms with Gasteiger partial charge >= 0.3 is 5.97 Å². The standard InChI is InChI=1S/C22H20N2O4/c1-14-19(22(25)27-13-15-6-4-3-5-7-15)20(18(12-23)21(24)28-14)16-8-10-17(26-2)11-9-16/h3-11,20H,13,24H2,1-2H3. The summed E-state index contributed by atoms with van der Waals surface area (Å²) >= 11 is 0. The Morgan fingerprint density at radius 2 is 1.86 bits per heavy atom. The molecule has 1 atom stereocenters. The fraction of sp³-hybridized carbons (Fsp3) is 0.182. The van der Waals surface area contributed by atoms with Crippen LogP contribution < -0.4 is 10.5 Å². The van der Waals surface area contributed by atoms with Gasteiger partial charge in [0, 0.05) is 0 Å². The minimum Gasteiger partial charge on any atom is -0.497 e. The first kappa shape index (κ1) is 19.1. The Morgan fingerprint density at radius 3 is 2.46 bits per heavy atom. The molecule has 6 nitrogen and oxygen atoms in total.